The van der Waals surface area contributed by atoms with E-state index in [1.165, 1.54) is 24.3 Å². The molecule has 0 bridgehead atoms. The Balaban J connectivity index is 0.00000264. The molecule has 1 saturated heterocycles. The van der Waals surface area contributed by atoms with E-state index in [9.17, 15) is 14.0 Å². The van der Waals surface area contributed by atoms with Gasteiger partial charge in [-0.2, -0.15) is 0 Å². The molecule has 1 aromatic rings. The van der Waals surface area contributed by atoms with Gasteiger partial charge >= 0.3 is 0 Å². The third kappa shape index (κ3) is 5.18. The molecule has 128 valence electrons. The van der Waals surface area contributed by atoms with Crippen LogP contribution in [-0.2, 0) is 9.59 Å². The van der Waals surface area contributed by atoms with Gasteiger partial charge in [0.25, 0.3) is 0 Å². The standard InChI is InChI=1S/C16H22FN3O2.ClH/c1-16(2,18)15(22)20-9-7-11(8-10-20)14(21)19-13-5-3-12(17)4-6-13;/h3-6,11H,7-10,18H2,1-2H3,(H,19,21);1H. The fraction of sp³-hybridized carbons (Fsp3) is 0.500. The van der Waals surface area contributed by atoms with Crippen molar-refractivity contribution in [2.75, 3.05) is 18.4 Å². The number of likely N-dealkylation sites (tertiary alicyclic amines) is 1. The Morgan fingerprint density at radius 2 is 1.74 bits per heavy atom. The molecule has 1 heterocycles. The van der Waals surface area contributed by atoms with Crippen LogP contribution in [0.5, 0.6) is 0 Å². The predicted molar refractivity (Wildman–Crippen MR) is 89.8 cm³/mol. The molecule has 5 nitrogen and oxygen atoms in total. The van der Waals surface area contributed by atoms with Crippen molar-refractivity contribution >= 4 is 29.9 Å². The number of carbonyl (C=O) groups is 2. The Kier molecular flexibility index (Phi) is 6.53. The third-order valence-electron chi connectivity index (χ3n) is 3.82. The van der Waals surface area contributed by atoms with E-state index in [2.05, 4.69) is 5.32 Å². The molecule has 3 N–H and O–H groups in total. The highest BCUT2D eigenvalue weighted by Gasteiger charge is 2.32. The van der Waals surface area contributed by atoms with Crippen molar-refractivity contribution in [3.8, 4) is 0 Å². The maximum atomic E-state index is 12.8. The van der Waals surface area contributed by atoms with Gasteiger partial charge in [-0.05, 0) is 51.0 Å². The first kappa shape index (κ1) is 19.4. The minimum absolute atomic E-state index is 0. The van der Waals surface area contributed by atoms with Crippen LogP contribution >= 0.6 is 12.4 Å². The lowest BCUT2D eigenvalue weighted by Gasteiger charge is -2.35. The van der Waals surface area contributed by atoms with Crippen LogP contribution in [-0.4, -0.2) is 35.3 Å². The Hall–Kier alpha value is -1.66. The number of carbonyl (C=O) groups excluding carboxylic acids is 2. The van der Waals surface area contributed by atoms with Crippen molar-refractivity contribution in [3.63, 3.8) is 0 Å². The number of nitrogens with one attached hydrogen (secondary N) is 1. The fourth-order valence-corrected chi connectivity index (χ4v) is 2.53. The van der Waals surface area contributed by atoms with Crippen LogP contribution in [0.1, 0.15) is 26.7 Å². The molecule has 0 aromatic heterocycles. The maximum Gasteiger partial charge on any atom is 0.242 e. The lowest BCUT2D eigenvalue weighted by Crippen LogP contribution is -2.53. The average molecular weight is 344 g/mol. The van der Waals surface area contributed by atoms with Gasteiger partial charge in [0.2, 0.25) is 11.8 Å². The van der Waals surface area contributed by atoms with Crippen LogP contribution in [0, 0.1) is 11.7 Å². The van der Waals surface area contributed by atoms with E-state index in [0.717, 1.165) is 0 Å². The summed E-state index contributed by atoms with van der Waals surface area (Å²) < 4.78 is 12.8. The minimum atomic E-state index is -0.886. The smallest absolute Gasteiger partial charge is 0.242 e. The van der Waals surface area contributed by atoms with Gasteiger partial charge in [0, 0.05) is 24.7 Å². The molecule has 1 aliphatic rings. The van der Waals surface area contributed by atoms with Gasteiger partial charge in [-0.15, -0.1) is 12.4 Å². The molecular formula is C16H23ClFN3O2. The van der Waals surface area contributed by atoms with Gasteiger partial charge in [-0.3, -0.25) is 9.59 Å². The molecule has 1 aromatic carbocycles. The molecule has 1 aliphatic heterocycles. The highest BCUT2D eigenvalue weighted by Crippen LogP contribution is 2.21. The zero-order chi connectivity index (χ0) is 16.3. The summed E-state index contributed by atoms with van der Waals surface area (Å²) in [7, 11) is 0. The number of amides is 2. The lowest BCUT2D eigenvalue weighted by atomic mass is 9.94. The fourth-order valence-electron chi connectivity index (χ4n) is 2.53. The number of hydrogen-bond acceptors (Lipinski definition) is 3. The number of halogens is 2. The predicted octanol–water partition coefficient (Wildman–Crippen LogP) is 2.16. The lowest BCUT2D eigenvalue weighted by molar-refractivity contribution is -0.138. The van der Waals surface area contributed by atoms with E-state index in [4.69, 9.17) is 5.73 Å². The molecule has 1 fully saturated rings. The minimum Gasteiger partial charge on any atom is -0.341 e. The monoisotopic (exact) mass is 343 g/mol. The molecule has 2 amide bonds. The van der Waals surface area contributed by atoms with Gasteiger partial charge in [0.05, 0.1) is 5.54 Å². The molecule has 0 aliphatic carbocycles. The molecular weight excluding hydrogens is 321 g/mol. The number of nitrogens with zero attached hydrogens (tertiary/aromatic N) is 1. The second kappa shape index (κ2) is 7.75. The summed E-state index contributed by atoms with van der Waals surface area (Å²) in [5.41, 5.74) is 5.51. The number of anilines is 1. The SMILES string of the molecule is CC(C)(N)C(=O)N1CCC(C(=O)Nc2ccc(F)cc2)CC1.Cl. The zero-order valence-electron chi connectivity index (χ0n) is 13.3. The van der Waals surface area contributed by atoms with Gasteiger partial charge < -0.3 is 16.0 Å². The molecule has 0 saturated carbocycles. The van der Waals surface area contributed by atoms with Crippen LogP contribution in [0.25, 0.3) is 0 Å². The number of piperidine rings is 1. The normalized spacial score (nSPS) is 15.7. The van der Waals surface area contributed by atoms with Crippen LogP contribution in [0.15, 0.2) is 24.3 Å². The number of nitrogens with two attached hydrogens (primary N) is 1. The van der Waals surface area contributed by atoms with Crippen LogP contribution in [0.4, 0.5) is 10.1 Å². The van der Waals surface area contributed by atoms with E-state index in [-0.39, 0.29) is 36.0 Å². The molecule has 0 spiro atoms. The third-order valence-corrected chi connectivity index (χ3v) is 3.82. The molecule has 0 unspecified atom stereocenters. The van der Waals surface area contributed by atoms with Crippen molar-refractivity contribution in [2.45, 2.75) is 32.2 Å². The first-order valence-corrected chi connectivity index (χ1v) is 7.42. The Bertz CT molecular complexity index is 549. The van der Waals surface area contributed by atoms with E-state index in [1.54, 1.807) is 18.7 Å². The first-order chi connectivity index (χ1) is 10.3. The van der Waals surface area contributed by atoms with E-state index in [0.29, 0.717) is 31.6 Å². The summed E-state index contributed by atoms with van der Waals surface area (Å²) in [6.45, 7) is 4.42. The largest absolute Gasteiger partial charge is 0.341 e. The maximum absolute atomic E-state index is 12.8. The van der Waals surface area contributed by atoms with Crippen molar-refractivity contribution < 1.29 is 14.0 Å². The van der Waals surface area contributed by atoms with Crippen molar-refractivity contribution in [3.05, 3.63) is 30.1 Å². The quantitative estimate of drug-likeness (QED) is 0.883. The summed E-state index contributed by atoms with van der Waals surface area (Å²) in [4.78, 5) is 26.0. The Morgan fingerprint density at radius 3 is 2.22 bits per heavy atom. The summed E-state index contributed by atoms with van der Waals surface area (Å²) in [5.74, 6) is -0.667. The van der Waals surface area contributed by atoms with Gasteiger partial charge in [0.1, 0.15) is 5.82 Å². The molecule has 0 atom stereocenters. The average Bonchev–Trinajstić information content (AvgIpc) is 2.48. The Morgan fingerprint density at radius 1 is 1.22 bits per heavy atom. The van der Waals surface area contributed by atoms with Crippen molar-refractivity contribution in [2.24, 2.45) is 11.7 Å². The van der Waals surface area contributed by atoms with Crippen LogP contribution < -0.4 is 11.1 Å². The second-order valence-corrected chi connectivity index (χ2v) is 6.28. The van der Waals surface area contributed by atoms with Gasteiger partial charge in [-0.1, -0.05) is 0 Å². The first-order valence-electron chi connectivity index (χ1n) is 7.42. The number of rotatable bonds is 3. The molecule has 23 heavy (non-hydrogen) atoms. The van der Waals surface area contributed by atoms with Gasteiger partial charge in [0.15, 0.2) is 0 Å². The second-order valence-electron chi connectivity index (χ2n) is 6.28. The topological polar surface area (TPSA) is 75.4 Å². The zero-order valence-corrected chi connectivity index (χ0v) is 14.2. The van der Waals surface area contributed by atoms with Crippen molar-refractivity contribution in [1.82, 2.24) is 4.90 Å². The molecule has 0 radical (unpaired) electrons. The molecule has 2 rings (SSSR count). The molecule has 7 heteroatoms. The van der Waals surface area contributed by atoms with Crippen LogP contribution in [0.2, 0.25) is 0 Å². The number of benzene rings is 1. The highest BCUT2D eigenvalue weighted by molar-refractivity contribution is 5.93. The summed E-state index contributed by atoms with van der Waals surface area (Å²) in [5, 5.41) is 2.78. The van der Waals surface area contributed by atoms with Crippen molar-refractivity contribution in [1.29, 1.82) is 0 Å². The summed E-state index contributed by atoms with van der Waals surface area (Å²) >= 11 is 0. The Labute approximate surface area is 141 Å². The van der Waals surface area contributed by atoms with Gasteiger partial charge in [-0.25, -0.2) is 4.39 Å². The van der Waals surface area contributed by atoms with E-state index in [1.807, 2.05) is 0 Å². The summed E-state index contributed by atoms with van der Waals surface area (Å²) in [6, 6.07) is 5.67. The highest BCUT2D eigenvalue weighted by atomic mass is 35.5. The van der Waals surface area contributed by atoms with Crippen LogP contribution in [0.3, 0.4) is 0 Å². The van der Waals surface area contributed by atoms with E-state index >= 15 is 0 Å². The number of hydrogen-bond donors (Lipinski definition) is 2. The van der Waals surface area contributed by atoms with E-state index < -0.39 is 5.54 Å². The summed E-state index contributed by atoms with van der Waals surface area (Å²) in [6.07, 6.45) is 1.21.